The molecular formula is C13H17N3O4S. The number of carbonyl (C=O) groups is 1. The number of hydrogen-bond donors (Lipinski definition) is 1. The van der Waals surface area contributed by atoms with Gasteiger partial charge in [-0.05, 0) is 32.0 Å². The highest BCUT2D eigenvalue weighted by atomic mass is 32.2. The van der Waals surface area contributed by atoms with Crippen molar-refractivity contribution >= 4 is 21.7 Å². The van der Waals surface area contributed by atoms with Crippen LogP contribution in [0.1, 0.15) is 19.4 Å². The smallest absolute Gasteiger partial charge is 0.321 e. The van der Waals surface area contributed by atoms with Gasteiger partial charge in [0.2, 0.25) is 10.0 Å². The van der Waals surface area contributed by atoms with E-state index in [4.69, 9.17) is 11.0 Å². The Balaban J connectivity index is 3.30. The van der Waals surface area contributed by atoms with Gasteiger partial charge in [0.15, 0.2) is 0 Å². The summed E-state index contributed by atoms with van der Waals surface area (Å²) in [5.41, 5.74) is 5.93. The van der Waals surface area contributed by atoms with Gasteiger partial charge in [-0.1, -0.05) is 0 Å². The molecule has 7 nitrogen and oxygen atoms in total. The summed E-state index contributed by atoms with van der Waals surface area (Å²) in [4.78, 5) is 11.2. The van der Waals surface area contributed by atoms with Crippen LogP contribution < -0.4 is 5.73 Å². The lowest BCUT2D eigenvalue weighted by Crippen LogP contribution is -2.41. The summed E-state index contributed by atoms with van der Waals surface area (Å²) in [7, 11) is -2.78. The zero-order valence-electron chi connectivity index (χ0n) is 12.0. The Bertz CT molecular complexity index is 677. The van der Waals surface area contributed by atoms with E-state index in [0.717, 1.165) is 4.31 Å². The SMILES string of the molecule is COC(=O)CN(C(C)C)S(=O)(=O)c1ccc(C#N)cc1N. The number of nitrogens with two attached hydrogens (primary N) is 1. The van der Waals surface area contributed by atoms with Gasteiger partial charge in [-0.2, -0.15) is 9.57 Å². The minimum atomic E-state index is -3.96. The molecular weight excluding hydrogens is 294 g/mol. The first-order valence-electron chi connectivity index (χ1n) is 6.12. The van der Waals surface area contributed by atoms with Crippen LogP contribution in [0.2, 0.25) is 0 Å². The molecule has 0 fully saturated rings. The molecule has 0 radical (unpaired) electrons. The standard InChI is InChI=1S/C13H17N3O4S/c1-9(2)16(8-13(17)20-3)21(18,19)12-5-4-10(7-14)6-11(12)15/h4-6,9H,8,15H2,1-3H3. The van der Waals surface area contributed by atoms with E-state index in [0.29, 0.717) is 0 Å². The van der Waals surface area contributed by atoms with Crippen LogP contribution in [0.4, 0.5) is 5.69 Å². The summed E-state index contributed by atoms with van der Waals surface area (Å²) in [5, 5.41) is 8.78. The molecule has 0 saturated heterocycles. The van der Waals surface area contributed by atoms with Gasteiger partial charge < -0.3 is 10.5 Å². The molecule has 0 saturated carbocycles. The molecule has 0 aliphatic rings. The molecule has 1 aromatic rings. The number of nitrogen functional groups attached to an aromatic ring is 1. The van der Waals surface area contributed by atoms with Crippen molar-refractivity contribution in [2.45, 2.75) is 24.8 Å². The number of nitrogens with zero attached hydrogens (tertiary/aromatic N) is 2. The molecule has 0 spiro atoms. The summed E-state index contributed by atoms with van der Waals surface area (Å²) in [5.74, 6) is -0.667. The molecule has 21 heavy (non-hydrogen) atoms. The quantitative estimate of drug-likeness (QED) is 0.633. The second-order valence-electron chi connectivity index (χ2n) is 4.58. The average Bonchev–Trinajstić information content (AvgIpc) is 2.43. The van der Waals surface area contributed by atoms with Gasteiger partial charge in [0.1, 0.15) is 11.4 Å². The van der Waals surface area contributed by atoms with Crippen LogP contribution in [0.15, 0.2) is 23.1 Å². The van der Waals surface area contributed by atoms with E-state index < -0.39 is 28.6 Å². The number of ether oxygens (including phenoxy) is 1. The van der Waals surface area contributed by atoms with Crippen LogP contribution in [0.25, 0.3) is 0 Å². The molecule has 0 amide bonds. The first kappa shape index (κ1) is 16.9. The number of methoxy groups -OCH3 is 1. The van der Waals surface area contributed by atoms with Gasteiger partial charge in [0, 0.05) is 6.04 Å². The Morgan fingerprint density at radius 2 is 2.10 bits per heavy atom. The zero-order valence-corrected chi connectivity index (χ0v) is 12.8. The second-order valence-corrected chi connectivity index (χ2v) is 6.44. The molecule has 2 N–H and O–H groups in total. The molecule has 0 atom stereocenters. The molecule has 0 aromatic heterocycles. The number of hydrogen-bond acceptors (Lipinski definition) is 6. The molecule has 0 heterocycles. The maximum absolute atomic E-state index is 12.6. The molecule has 0 bridgehead atoms. The Kier molecular flexibility index (Phi) is 5.29. The molecule has 0 aliphatic carbocycles. The van der Waals surface area contributed by atoms with Gasteiger partial charge in [0.05, 0.1) is 24.4 Å². The predicted octanol–water partition coefficient (Wildman–Crippen LogP) is 0.713. The van der Waals surface area contributed by atoms with Crippen molar-refractivity contribution in [1.29, 1.82) is 5.26 Å². The maximum atomic E-state index is 12.6. The number of nitriles is 1. The lowest BCUT2D eigenvalue weighted by Gasteiger charge is -2.25. The van der Waals surface area contributed by atoms with Gasteiger partial charge in [-0.25, -0.2) is 8.42 Å². The second kappa shape index (κ2) is 6.56. The fourth-order valence-corrected chi connectivity index (χ4v) is 3.40. The molecule has 1 rings (SSSR count). The van der Waals surface area contributed by atoms with E-state index in [1.54, 1.807) is 13.8 Å². The summed E-state index contributed by atoms with van der Waals surface area (Å²) < 4.78 is 30.7. The highest BCUT2D eigenvalue weighted by molar-refractivity contribution is 7.89. The summed E-state index contributed by atoms with van der Waals surface area (Å²) in [6.45, 7) is 2.87. The minimum absolute atomic E-state index is 0.0374. The van der Waals surface area contributed by atoms with Crippen molar-refractivity contribution in [3.05, 3.63) is 23.8 Å². The maximum Gasteiger partial charge on any atom is 0.321 e. The van der Waals surface area contributed by atoms with Crippen LogP contribution >= 0.6 is 0 Å². The Labute approximate surface area is 124 Å². The van der Waals surface area contributed by atoms with E-state index in [9.17, 15) is 13.2 Å². The first-order chi connectivity index (χ1) is 9.73. The zero-order chi connectivity index (χ0) is 16.2. The van der Waals surface area contributed by atoms with Crippen molar-refractivity contribution < 1.29 is 17.9 Å². The third kappa shape index (κ3) is 3.71. The van der Waals surface area contributed by atoms with Gasteiger partial charge in [0.25, 0.3) is 0 Å². The van der Waals surface area contributed by atoms with Crippen molar-refractivity contribution in [1.82, 2.24) is 4.31 Å². The third-order valence-corrected chi connectivity index (χ3v) is 4.91. The molecule has 114 valence electrons. The van der Waals surface area contributed by atoms with E-state index in [-0.39, 0.29) is 16.1 Å². The first-order valence-corrected chi connectivity index (χ1v) is 7.56. The topological polar surface area (TPSA) is 113 Å². The molecule has 0 unspecified atom stereocenters. The van der Waals surface area contributed by atoms with E-state index in [2.05, 4.69) is 4.74 Å². The van der Waals surface area contributed by atoms with Crippen LogP contribution in [-0.4, -0.2) is 38.4 Å². The lowest BCUT2D eigenvalue weighted by molar-refractivity contribution is -0.141. The van der Waals surface area contributed by atoms with E-state index in [1.807, 2.05) is 6.07 Å². The van der Waals surface area contributed by atoms with Crippen molar-refractivity contribution in [2.75, 3.05) is 19.4 Å². The van der Waals surface area contributed by atoms with Crippen molar-refractivity contribution in [2.24, 2.45) is 0 Å². The fraction of sp³-hybridized carbons (Fsp3) is 0.385. The van der Waals surface area contributed by atoms with Crippen LogP contribution in [-0.2, 0) is 19.6 Å². The minimum Gasteiger partial charge on any atom is -0.468 e. The lowest BCUT2D eigenvalue weighted by atomic mass is 10.2. The van der Waals surface area contributed by atoms with Crippen LogP contribution in [0.5, 0.6) is 0 Å². The average molecular weight is 311 g/mol. The van der Waals surface area contributed by atoms with Crippen LogP contribution in [0, 0.1) is 11.3 Å². The van der Waals surface area contributed by atoms with Gasteiger partial charge >= 0.3 is 5.97 Å². The van der Waals surface area contributed by atoms with E-state index in [1.165, 1.54) is 25.3 Å². The normalized spacial score (nSPS) is 11.4. The summed E-state index contributed by atoms with van der Waals surface area (Å²) >= 11 is 0. The fourth-order valence-electron chi connectivity index (χ4n) is 1.72. The van der Waals surface area contributed by atoms with Gasteiger partial charge in [-0.3, -0.25) is 4.79 Å². The number of anilines is 1. The summed E-state index contributed by atoms with van der Waals surface area (Å²) in [6, 6.07) is 5.32. The van der Waals surface area contributed by atoms with E-state index >= 15 is 0 Å². The number of carbonyl (C=O) groups excluding carboxylic acids is 1. The molecule has 1 aromatic carbocycles. The van der Waals surface area contributed by atoms with Crippen molar-refractivity contribution in [3.63, 3.8) is 0 Å². The van der Waals surface area contributed by atoms with Gasteiger partial charge in [-0.15, -0.1) is 0 Å². The number of esters is 1. The van der Waals surface area contributed by atoms with Crippen LogP contribution in [0.3, 0.4) is 0 Å². The number of rotatable bonds is 5. The molecule has 0 aliphatic heterocycles. The van der Waals surface area contributed by atoms with Crippen molar-refractivity contribution in [3.8, 4) is 6.07 Å². The Morgan fingerprint density at radius 1 is 1.48 bits per heavy atom. The highest BCUT2D eigenvalue weighted by Gasteiger charge is 2.30. The monoisotopic (exact) mass is 311 g/mol. The largest absolute Gasteiger partial charge is 0.468 e. The molecule has 8 heteroatoms. The summed E-state index contributed by atoms with van der Waals surface area (Å²) in [6.07, 6.45) is 0. The highest BCUT2D eigenvalue weighted by Crippen LogP contribution is 2.24. The Hall–Kier alpha value is -2.11. The third-order valence-electron chi connectivity index (χ3n) is 2.81. The number of sulfonamides is 1. The predicted molar refractivity (Wildman–Crippen MR) is 76.6 cm³/mol. The number of benzene rings is 1. The Morgan fingerprint density at radius 3 is 2.52 bits per heavy atom.